The van der Waals surface area contributed by atoms with Gasteiger partial charge in [-0.3, -0.25) is 9.69 Å². The Bertz CT molecular complexity index is 1030. The summed E-state index contributed by atoms with van der Waals surface area (Å²) < 4.78 is 5.28. The number of para-hydroxylation sites is 1. The predicted molar refractivity (Wildman–Crippen MR) is 113 cm³/mol. The van der Waals surface area contributed by atoms with Crippen LogP contribution < -0.4 is 4.90 Å². The molecule has 0 saturated heterocycles. The Morgan fingerprint density at radius 3 is 2.55 bits per heavy atom. The minimum Gasteiger partial charge on any atom is -0.507 e. The number of nitrogens with zero attached hydrogens (tertiary/aromatic N) is 2. The van der Waals surface area contributed by atoms with Gasteiger partial charge >= 0.3 is 5.97 Å². The summed E-state index contributed by atoms with van der Waals surface area (Å²) in [5, 5.41) is 12.3. The third-order valence-electron chi connectivity index (χ3n) is 4.46. The molecule has 3 rings (SSSR count). The van der Waals surface area contributed by atoms with Crippen LogP contribution in [-0.4, -0.2) is 22.0 Å². The quantitative estimate of drug-likeness (QED) is 0.593. The van der Waals surface area contributed by atoms with Crippen molar-refractivity contribution >= 4 is 34.0 Å². The van der Waals surface area contributed by atoms with E-state index >= 15 is 0 Å². The maximum absolute atomic E-state index is 12.3. The molecule has 2 aromatic carbocycles. The highest BCUT2D eigenvalue weighted by Gasteiger charge is 2.19. The number of aryl methyl sites for hydroxylation is 2. The molecule has 29 heavy (non-hydrogen) atoms. The van der Waals surface area contributed by atoms with E-state index in [0.29, 0.717) is 16.4 Å². The summed E-state index contributed by atoms with van der Waals surface area (Å²) in [5.74, 6) is -0.870. The molecular formula is C22H22N2O4S. The molecule has 0 radical (unpaired) electrons. The van der Waals surface area contributed by atoms with Crippen LogP contribution in [0.4, 0.5) is 10.8 Å². The number of benzene rings is 2. The number of amides is 1. The van der Waals surface area contributed by atoms with E-state index in [0.717, 1.165) is 12.1 Å². The highest BCUT2D eigenvalue weighted by Crippen LogP contribution is 2.30. The molecule has 1 amide bonds. The zero-order valence-corrected chi connectivity index (χ0v) is 17.3. The normalized spacial score (nSPS) is 10.6. The molecule has 1 aromatic heterocycles. The number of carbonyl (C=O) groups excluding carboxylic acids is 2. The molecule has 0 unspecified atom stereocenters. The van der Waals surface area contributed by atoms with Gasteiger partial charge in [0.15, 0.2) is 5.13 Å². The number of hydrogen-bond acceptors (Lipinski definition) is 6. The number of phenols is 1. The third kappa shape index (κ3) is 4.63. The summed E-state index contributed by atoms with van der Waals surface area (Å²) in [6.07, 6.45) is 0.920. The topological polar surface area (TPSA) is 79.7 Å². The lowest BCUT2D eigenvalue weighted by atomic mass is 10.1. The van der Waals surface area contributed by atoms with Crippen LogP contribution in [0, 0.1) is 6.92 Å². The van der Waals surface area contributed by atoms with Crippen molar-refractivity contribution in [3.05, 3.63) is 70.2 Å². The Hall–Kier alpha value is -3.19. The van der Waals surface area contributed by atoms with Crippen molar-refractivity contribution < 1.29 is 19.4 Å². The predicted octanol–water partition coefficient (Wildman–Crippen LogP) is 4.76. The number of thiazole rings is 1. The highest BCUT2D eigenvalue weighted by molar-refractivity contribution is 7.14. The first-order chi connectivity index (χ1) is 13.9. The summed E-state index contributed by atoms with van der Waals surface area (Å²) >= 11 is 1.30. The lowest BCUT2D eigenvalue weighted by molar-refractivity contribution is -0.115. The number of aromatic hydroxyl groups is 1. The van der Waals surface area contributed by atoms with E-state index in [-0.39, 0.29) is 23.8 Å². The van der Waals surface area contributed by atoms with E-state index in [9.17, 15) is 14.7 Å². The van der Waals surface area contributed by atoms with Gasteiger partial charge in [-0.15, -0.1) is 11.3 Å². The van der Waals surface area contributed by atoms with E-state index in [2.05, 4.69) is 11.9 Å². The van der Waals surface area contributed by atoms with Crippen LogP contribution in [0.15, 0.2) is 47.8 Å². The summed E-state index contributed by atoms with van der Waals surface area (Å²) in [6, 6.07) is 12.6. The van der Waals surface area contributed by atoms with Crippen molar-refractivity contribution in [2.45, 2.75) is 33.8 Å². The number of esters is 1. The van der Waals surface area contributed by atoms with Crippen molar-refractivity contribution in [3.63, 3.8) is 0 Å². The van der Waals surface area contributed by atoms with Crippen molar-refractivity contribution in [1.82, 2.24) is 4.98 Å². The number of anilines is 2. The molecule has 0 aliphatic heterocycles. The minimum atomic E-state index is -0.626. The Morgan fingerprint density at radius 2 is 1.90 bits per heavy atom. The molecule has 0 atom stereocenters. The highest BCUT2D eigenvalue weighted by atomic mass is 32.1. The van der Waals surface area contributed by atoms with Gasteiger partial charge in [-0.1, -0.05) is 31.2 Å². The Balaban J connectivity index is 1.73. The van der Waals surface area contributed by atoms with Crippen LogP contribution in [0.2, 0.25) is 0 Å². The van der Waals surface area contributed by atoms with Gasteiger partial charge in [-0.2, -0.15) is 0 Å². The fourth-order valence-corrected chi connectivity index (χ4v) is 3.69. The van der Waals surface area contributed by atoms with Gasteiger partial charge < -0.3 is 9.84 Å². The Labute approximate surface area is 173 Å². The molecule has 0 spiro atoms. The number of phenolic OH excluding ortho intramolecular Hbond substituents is 1. The van der Waals surface area contributed by atoms with Gasteiger partial charge in [0, 0.05) is 12.3 Å². The van der Waals surface area contributed by atoms with E-state index < -0.39 is 5.97 Å². The molecule has 6 nitrogen and oxygen atoms in total. The molecule has 7 heteroatoms. The molecule has 1 N–H and O–H groups in total. The largest absolute Gasteiger partial charge is 0.507 e. The zero-order valence-electron chi connectivity index (χ0n) is 16.5. The lowest BCUT2D eigenvalue weighted by Gasteiger charge is -2.18. The Kier molecular flexibility index (Phi) is 6.29. The van der Waals surface area contributed by atoms with Gasteiger partial charge in [0.25, 0.3) is 0 Å². The summed E-state index contributed by atoms with van der Waals surface area (Å²) in [6.45, 7) is 5.21. The minimum absolute atomic E-state index is 0.0523. The van der Waals surface area contributed by atoms with E-state index in [1.54, 1.807) is 24.4 Å². The molecule has 1 heterocycles. The number of rotatable bonds is 6. The second-order valence-electron chi connectivity index (χ2n) is 6.54. The third-order valence-corrected chi connectivity index (χ3v) is 5.33. The summed E-state index contributed by atoms with van der Waals surface area (Å²) in [7, 11) is 0. The van der Waals surface area contributed by atoms with E-state index in [1.807, 2.05) is 24.3 Å². The lowest BCUT2D eigenvalue weighted by Crippen LogP contribution is -2.22. The molecule has 0 aliphatic carbocycles. The van der Waals surface area contributed by atoms with Crippen molar-refractivity contribution in [3.8, 4) is 5.75 Å². The molecular weight excluding hydrogens is 388 g/mol. The SMILES string of the molecule is CCc1ccc(N(C(C)=O)c2nc(COC(=O)c3cccc(C)c3O)cs2)cc1. The van der Waals surface area contributed by atoms with Crippen LogP contribution in [0.5, 0.6) is 5.75 Å². The first kappa shape index (κ1) is 20.5. The van der Waals surface area contributed by atoms with Crippen LogP contribution in [0.1, 0.15) is 41.0 Å². The molecule has 3 aromatic rings. The summed E-state index contributed by atoms with van der Waals surface area (Å²) in [4.78, 5) is 30.4. The smallest absolute Gasteiger partial charge is 0.342 e. The number of carbonyl (C=O) groups is 2. The fourth-order valence-electron chi connectivity index (χ4n) is 2.81. The maximum atomic E-state index is 12.3. The molecule has 0 aliphatic rings. The number of ether oxygens (including phenoxy) is 1. The first-order valence-electron chi connectivity index (χ1n) is 9.20. The van der Waals surface area contributed by atoms with Gasteiger partial charge in [-0.25, -0.2) is 9.78 Å². The monoisotopic (exact) mass is 410 g/mol. The van der Waals surface area contributed by atoms with Gasteiger partial charge in [0.2, 0.25) is 5.91 Å². The molecule has 0 fully saturated rings. The van der Waals surface area contributed by atoms with Crippen LogP contribution in [-0.2, 0) is 22.6 Å². The van der Waals surface area contributed by atoms with Gasteiger partial charge in [-0.05, 0) is 42.7 Å². The fraction of sp³-hybridized carbons (Fsp3) is 0.227. The number of aromatic nitrogens is 1. The summed E-state index contributed by atoms with van der Waals surface area (Å²) in [5.41, 5.74) is 3.16. The maximum Gasteiger partial charge on any atom is 0.342 e. The van der Waals surface area contributed by atoms with Crippen molar-refractivity contribution in [2.24, 2.45) is 0 Å². The standard InChI is InChI=1S/C22H22N2O4S/c1-4-16-8-10-18(11-9-16)24(15(3)25)22-23-17(13-29-22)12-28-21(27)19-7-5-6-14(2)20(19)26/h5-11,13,26H,4,12H2,1-3H3. The van der Waals surface area contributed by atoms with Crippen LogP contribution in [0.3, 0.4) is 0 Å². The second kappa shape index (κ2) is 8.87. The molecule has 150 valence electrons. The first-order valence-corrected chi connectivity index (χ1v) is 10.1. The number of hydrogen-bond donors (Lipinski definition) is 1. The average molecular weight is 410 g/mol. The van der Waals surface area contributed by atoms with E-state index in [4.69, 9.17) is 4.74 Å². The molecule has 0 saturated carbocycles. The van der Waals surface area contributed by atoms with E-state index in [1.165, 1.54) is 34.8 Å². The molecule has 0 bridgehead atoms. The van der Waals surface area contributed by atoms with Crippen molar-refractivity contribution in [1.29, 1.82) is 0 Å². The second-order valence-corrected chi connectivity index (χ2v) is 7.38. The van der Waals surface area contributed by atoms with Crippen LogP contribution in [0.25, 0.3) is 0 Å². The zero-order chi connectivity index (χ0) is 21.0. The van der Waals surface area contributed by atoms with Crippen molar-refractivity contribution in [2.75, 3.05) is 4.90 Å². The van der Waals surface area contributed by atoms with Crippen LogP contribution >= 0.6 is 11.3 Å². The average Bonchev–Trinajstić information content (AvgIpc) is 3.17. The Morgan fingerprint density at radius 1 is 1.17 bits per heavy atom. The van der Waals surface area contributed by atoms with Gasteiger partial charge in [0.05, 0.1) is 11.4 Å². The van der Waals surface area contributed by atoms with Gasteiger partial charge in [0.1, 0.15) is 17.9 Å².